The van der Waals surface area contributed by atoms with Crippen LogP contribution in [0.4, 0.5) is 0 Å². The summed E-state index contributed by atoms with van der Waals surface area (Å²) < 4.78 is 6.26. The number of hydrogen-bond acceptors (Lipinski definition) is 7. The maximum Gasteiger partial charge on any atom is 0.268 e. The number of halogens is 1. The Hall–Kier alpha value is -2.36. The van der Waals surface area contributed by atoms with Crippen LogP contribution >= 0.6 is 34.7 Å². The standard InChI is InChI=1S/C16H12ClN5O2S2/c17-9-1-3-10(4-2-9)24-7-12-20-16(22-21-12)26-8-13-18-11-5-6-25-14(11)15(23)19-13/h1-6H,7-8H2,(H,18,19,23)(H,20,21,22). The molecular formula is C16H12ClN5O2S2. The second-order valence-corrected chi connectivity index (χ2v) is 7.54. The van der Waals surface area contributed by atoms with Crippen molar-refractivity contribution in [2.24, 2.45) is 0 Å². The maximum atomic E-state index is 12.0. The summed E-state index contributed by atoms with van der Waals surface area (Å²) in [6.07, 6.45) is 0. The summed E-state index contributed by atoms with van der Waals surface area (Å²) in [5.74, 6) is 2.37. The van der Waals surface area contributed by atoms with E-state index in [1.807, 2.05) is 11.4 Å². The first-order valence-electron chi connectivity index (χ1n) is 7.56. The Labute approximate surface area is 160 Å². The van der Waals surface area contributed by atoms with Gasteiger partial charge in [0.05, 0.1) is 11.3 Å². The van der Waals surface area contributed by atoms with Crippen molar-refractivity contribution in [3.8, 4) is 5.75 Å². The Morgan fingerprint density at radius 3 is 2.85 bits per heavy atom. The molecular weight excluding hydrogens is 394 g/mol. The average molecular weight is 406 g/mol. The number of thioether (sulfide) groups is 1. The molecule has 3 heterocycles. The zero-order valence-electron chi connectivity index (χ0n) is 13.2. The number of H-pyrrole nitrogens is 2. The fourth-order valence-electron chi connectivity index (χ4n) is 2.21. The number of benzene rings is 1. The number of ether oxygens (including phenoxy) is 1. The number of hydrogen-bond donors (Lipinski definition) is 2. The lowest BCUT2D eigenvalue weighted by Crippen LogP contribution is -2.09. The van der Waals surface area contributed by atoms with Crippen LogP contribution in [0.1, 0.15) is 11.6 Å². The normalized spacial score (nSPS) is 11.1. The molecule has 0 unspecified atom stereocenters. The molecule has 7 nitrogen and oxygen atoms in total. The van der Waals surface area contributed by atoms with Crippen LogP contribution in [0.25, 0.3) is 10.2 Å². The Bertz CT molecular complexity index is 1090. The number of aromatic nitrogens is 5. The van der Waals surface area contributed by atoms with E-state index in [1.54, 1.807) is 24.3 Å². The summed E-state index contributed by atoms with van der Waals surface area (Å²) in [6.45, 7) is 0.269. The highest BCUT2D eigenvalue weighted by Crippen LogP contribution is 2.20. The van der Waals surface area contributed by atoms with Crippen LogP contribution in [0, 0.1) is 0 Å². The molecule has 4 aromatic rings. The highest BCUT2D eigenvalue weighted by molar-refractivity contribution is 7.98. The predicted octanol–water partition coefficient (Wildman–Crippen LogP) is 3.63. The Morgan fingerprint density at radius 1 is 1.15 bits per heavy atom. The van der Waals surface area contributed by atoms with Crippen LogP contribution in [-0.4, -0.2) is 25.1 Å². The molecule has 0 atom stereocenters. The third-order valence-corrected chi connectivity index (χ3v) is 5.42. The van der Waals surface area contributed by atoms with Crippen molar-refractivity contribution in [2.45, 2.75) is 17.5 Å². The van der Waals surface area contributed by atoms with Gasteiger partial charge in [-0.2, -0.15) is 0 Å². The third-order valence-electron chi connectivity index (χ3n) is 3.40. The lowest BCUT2D eigenvalue weighted by Gasteiger charge is -2.03. The van der Waals surface area contributed by atoms with Crippen LogP contribution in [0.15, 0.2) is 45.7 Å². The Balaban J connectivity index is 1.37. The maximum absolute atomic E-state index is 12.0. The van der Waals surface area contributed by atoms with E-state index >= 15 is 0 Å². The largest absolute Gasteiger partial charge is 0.486 e. The van der Waals surface area contributed by atoms with Gasteiger partial charge in [-0.1, -0.05) is 23.4 Å². The fraction of sp³-hybridized carbons (Fsp3) is 0.125. The Morgan fingerprint density at radius 2 is 2.00 bits per heavy atom. The van der Waals surface area contributed by atoms with Crippen molar-refractivity contribution in [2.75, 3.05) is 0 Å². The molecule has 0 amide bonds. The summed E-state index contributed by atoms with van der Waals surface area (Å²) in [6, 6.07) is 8.93. The first-order valence-corrected chi connectivity index (χ1v) is 9.80. The fourth-order valence-corrected chi connectivity index (χ4v) is 3.75. The van der Waals surface area contributed by atoms with Gasteiger partial charge in [-0.25, -0.2) is 9.97 Å². The van der Waals surface area contributed by atoms with E-state index in [-0.39, 0.29) is 12.2 Å². The molecule has 0 fully saturated rings. The van der Waals surface area contributed by atoms with Gasteiger partial charge in [-0.3, -0.25) is 9.89 Å². The molecule has 0 aliphatic carbocycles. The van der Waals surface area contributed by atoms with Crippen molar-refractivity contribution in [3.63, 3.8) is 0 Å². The van der Waals surface area contributed by atoms with E-state index < -0.39 is 0 Å². The van der Waals surface area contributed by atoms with Gasteiger partial charge in [0.25, 0.3) is 5.56 Å². The van der Waals surface area contributed by atoms with Crippen molar-refractivity contribution in [1.29, 1.82) is 0 Å². The predicted molar refractivity (Wildman–Crippen MR) is 102 cm³/mol. The zero-order chi connectivity index (χ0) is 17.9. The topological polar surface area (TPSA) is 96.5 Å². The van der Waals surface area contributed by atoms with Gasteiger partial charge in [-0.15, -0.1) is 16.4 Å². The van der Waals surface area contributed by atoms with E-state index in [0.29, 0.717) is 43.5 Å². The van der Waals surface area contributed by atoms with Crippen LogP contribution in [-0.2, 0) is 12.4 Å². The smallest absolute Gasteiger partial charge is 0.268 e. The van der Waals surface area contributed by atoms with Gasteiger partial charge in [-0.05, 0) is 35.7 Å². The minimum Gasteiger partial charge on any atom is -0.486 e. The van der Waals surface area contributed by atoms with Crippen LogP contribution in [0.5, 0.6) is 5.75 Å². The van der Waals surface area contributed by atoms with E-state index in [1.165, 1.54) is 23.1 Å². The quantitative estimate of drug-likeness (QED) is 0.475. The molecule has 0 radical (unpaired) electrons. The van der Waals surface area contributed by atoms with Crippen molar-refractivity contribution < 1.29 is 4.74 Å². The molecule has 10 heteroatoms. The zero-order valence-corrected chi connectivity index (χ0v) is 15.6. The van der Waals surface area contributed by atoms with Crippen molar-refractivity contribution in [3.05, 3.63) is 62.7 Å². The van der Waals surface area contributed by atoms with Gasteiger partial charge < -0.3 is 9.72 Å². The molecule has 0 aliphatic heterocycles. The molecule has 2 N–H and O–H groups in total. The number of fused-ring (bicyclic) bond motifs is 1. The molecule has 3 aromatic heterocycles. The van der Waals surface area contributed by atoms with Gasteiger partial charge >= 0.3 is 0 Å². The molecule has 1 aromatic carbocycles. The van der Waals surface area contributed by atoms with Gasteiger partial charge in [0.2, 0.25) is 5.16 Å². The second kappa shape index (κ2) is 7.48. The van der Waals surface area contributed by atoms with Crippen molar-refractivity contribution >= 4 is 44.9 Å². The van der Waals surface area contributed by atoms with E-state index in [9.17, 15) is 4.79 Å². The van der Waals surface area contributed by atoms with E-state index in [2.05, 4.69) is 25.1 Å². The minimum atomic E-state index is -0.118. The van der Waals surface area contributed by atoms with E-state index in [4.69, 9.17) is 16.3 Å². The number of aromatic amines is 2. The summed E-state index contributed by atoms with van der Waals surface area (Å²) in [4.78, 5) is 23.5. The number of thiophene rings is 1. The lowest BCUT2D eigenvalue weighted by molar-refractivity contribution is 0.296. The number of rotatable bonds is 6. The first-order chi connectivity index (χ1) is 12.7. The van der Waals surface area contributed by atoms with Crippen LogP contribution in [0.2, 0.25) is 5.02 Å². The molecule has 0 saturated heterocycles. The van der Waals surface area contributed by atoms with Gasteiger partial charge in [0.15, 0.2) is 5.82 Å². The summed E-state index contributed by atoms with van der Waals surface area (Å²) in [5.41, 5.74) is 0.592. The van der Waals surface area contributed by atoms with Gasteiger partial charge in [0, 0.05) is 5.02 Å². The summed E-state index contributed by atoms with van der Waals surface area (Å²) in [5, 5.41) is 10.0. The molecule has 4 rings (SSSR count). The molecule has 0 aliphatic rings. The average Bonchev–Trinajstić information content (AvgIpc) is 3.29. The SMILES string of the molecule is O=c1[nH]c(CSc2n[nH]c(COc3ccc(Cl)cc3)n2)nc2ccsc12. The lowest BCUT2D eigenvalue weighted by atomic mass is 10.3. The highest BCUT2D eigenvalue weighted by atomic mass is 35.5. The Kier molecular flexibility index (Phi) is 4.91. The van der Waals surface area contributed by atoms with Crippen LogP contribution < -0.4 is 10.3 Å². The van der Waals surface area contributed by atoms with Crippen LogP contribution in [0.3, 0.4) is 0 Å². The summed E-state index contributed by atoms with van der Waals surface area (Å²) >= 11 is 8.60. The second-order valence-electron chi connectivity index (χ2n) is 5.24. The third kappa shape index (κ3) is 3.90. The number of nitrogens with zero attached hydrogens (tertiary/aromatic N) is 3. The monoisotopic (exact) mass is 405 g/mol. The molecule has 26 heavy (non-hydrogen) atoms. The van der Waals surface area contributed by atoms with Crippen molar-refractivity contribution in [1.82, 2.24) is 25.1 Å². The minimum absolute atomic E-state index is 0.118. The van der Waals surface area contributed by atoms with E-state index in [0.717, 1.165) is 0 Å². The highest BCUT2D eigenvalue weighted by Gasteiger charge is 2.09. The molecule has 132 valence electrons. The molecule has 0 bridgehead atoms. The summed E-state index contributed by atoms with van der Waals surface area (Å²) in [7, 11) is 0. The molecule has 0 spiro atoms. The molecule has 0 saturated carbocycles. The number of nitrogens with one attached hydrogen (secondary N) is 2. The van der Waals surface area contributed by atoms with Gasteiger partial charge in [0.1, 0.15) is 22.9 Å². The first kappa shape index (κ1) is 17.1.